The third kappa shape index (κ3) is 6.20. The number of halogens is 2. The number of amides is 2. The highest BCUT2D eigenvalue weighted by Crippen LogP contribution is 2.41. The van der Waals surface area contributed by atoms with Crippen molar-refractivity contribution >= 4 is 52.4 Å². The molecule has 0 saturated heterocycles. The van der Waals surface area contributed by atoms with Crippen molar-refractivity contribution in [3.05, 3.63) is 62.1 Å². The van der Waals surface area contributed by atoms with Crippen molar-refractivity contribution in [1.82, 2.24) is 0 Å². The Kier molecular flexibility index (Phi) is 9.39. The SMILES string of the molecule is CCOC(=O)Cc1sc(F)c(N(C(=O)C2=C(C(=O)OC(C)C)CCCC2)C(=O)c2ccccc2)c1Cl. The predicted octanol–water partition coefficient (Wildman–Crippen LogP) is 5.64. The van der Waals surface area contributed by atoms with Crippen LogP contribution < -0.4 is 4.90 Å². The number of ether oxygens (including phenoxy) is 2. The first-order valence-corrected chi connectivity index (χ1v) is 12.8. The summed E-state index contributed by atoms with van der Waals surface area (Å²) in [5.41, 5.74) is -0.0641. The molecule has 0 aliphatic heterocycles. The maximum atomic E-state index is 15.3. The Hall–Kier alpha value is -3.04. The molecule has 1 aliphatic carbocycles. The monoisotopic (exact) mass is 535 g/mol. The summed E-state index contributed by atoms with van der Waals surface area (Å²) in [4.78, 5) is 53.0. The zero-order valence-electron chi connectivity index (χ0n) is 20.3. The zero-order chi connectivity index (χ0) is 26.4. The Labute approximate surface area is 217 Å². The van der Waals surface area contributed by atoms with E-state index in [0.29, 0.717) is 35.5 Å². The molecule has 0 spiro atoms. The average Bonchev–Trinajstić information content (AvgIpc) is 3.12. The first-order chi connectivity index (χ1) is 17.1. The molecular formula is C26H27ClFNO6S. The zero-order valence-corrected chi connectivity index (χ0v) is 21.8. The van der Waals surface area contributed by atoms with Gasteiger partial charge in [0.25, 0.3) is 11.8 Å². The number of nitrogens with zero attached hydrogens (tertiary/aromatic N) is 1. The second kappa shape index (κ2) is 12.3. The number of hydrogen-bond acceptors (Lipinski definition) is 7. The molecule has 3 rings (SSSR count). The second-order valence-electron chi connectivity index (χ2n) is 8.37. The van der Waals surface area contributed by atoms with E-state index in [-0.39, 0.29) is 46.1 Å². The fourth-order valence-corrected chi connectivity index (χ4v) is 5.14. The molecule has 1 aromatic heterocycles. The standard InChI is InChI=1S/C26H27ClFNO6S/c1-4-34-20(30)14-19-21(27)22(23(28)36-19)29(24(31)16-10-6-5-7-11-16)25(32)17-12-8-9-13-18(17)26(33)35-15(2)3/h5-7,10-11,15H,4,8-9,12-14H2,1-3H3. The molecule has 1 aliphatic rings. The predicted molar refractivity (Wildman–Crippen MR) is 135 cm³/mol. The highest BCUT2D eigenvalue weighted by atomic mass is 35.5. The Morgan fingerprint density at radius 2 is 1.69 bits per heavy atom. The lowest BCUT2D eigenvalue weighted by Crippen LogP contribution is -2.40. The van der Waals surface area contributed by atoms with Crippen LogP contribution in [-0.2, 0) is 30.3 Å². The Balaban J connectivity index is 2.14. The van der Waals surface area contributed by atoms with Gasteiger partial charge in [-0.25, -0.2) is 9.69 Å². The molecule has 7 nitrogen and oxygen atoms in total. The van der Waals surface area contributed by atoms with Crippen LogP contribution in [0.25, 0.3) is 0 Å². The number of anilines is 1. The summed E-state index contributed by atoms with van der Waals surface area (Å²) in [5, 5.41) is -1.13. The summed E-state index contributed by atoms with van der Waals surface area (Å²) in [7, 11) is 0. The van der Waals surface area contributed by atoms with Crippen LogP contribution in [0.5, 0.6) is 0 Å². The van der Waals surface area contributed by atoms with Crippen molar-refractivity contribution in [3.63, 3.8) is 0 Å². The van der Waals surface area contributed by atoms with Crippen LogP contribution in [0, 0.1) is 5.13 Å². The lowest BCUT2D eigenvalue weighted by molar-refractivity contribution is -0.143. The Morgan fingerprint density at radius 3 is 2.31 bits per heavy atom. The van der Waals surface area contributed by atoms with Gasteiger partial charge in [-0.15, -0.1) is 11.3 Å². The number of carbonyl (C=O) groups is 4. The minimum absolute atomic E-state index is 0.0878. The van der Waals surface area contributed by atoms with Gasteiger partial charge >= 0.3 is 11.9 Å². The van der Waals surface area contributed by atoms with Crippen molar-refractivity contribution in [1.29, 1.82) is 0 Å². The molecule has 0 fully saturated rings. The number of hydrogen-bond donors (Lipinski definition) is 0. The molecule has 0 unspecified atom stereocenters. The van der Waals surface area contributed by atoms with Gasteiger partial charge in [-0.3, -0.25) is 14.4 Å². The molecule has 2 aromatic rings. The summed E-state index contributed by atoms with van der Waals surface area (Å²) in [6, 6.07) is 7.90. The van der Waals surface area contributed by atoms with Gasteiger partial charge < -0.3 is 9.47 Å². The van der Waals surface area contributed by atoms with Gasteiger partial charge in [0.1, 0.15) is 5.69 Å². The van der Waals surface area contributed by atoms with Crippen molar-refractivity contribution < 1.29 is 33.0 Å². The van der Waals surface area contributed by atoms with Crippen LogP contribution in [-0.4, -0.2) is 36.5 Å². The molecule has 2 amide bonds. The van der Waals surface area contributed by atoms with E-state index in [0.717, 1.165) is 0 Å². The molecule has 0 bridgehead atoms. The van der Waals surface area contributed by atoms with Gasteiger partial charge in [0, 0.05) is 21.6 Å². The minimum Gasteiger partial charge on any atom is -0.466 e. The van der Waals surface area contributed by atoms with Crippen LogP contribution in [0.4, 0.5) is 10.1 Å². The molecule has 1 heterocycles. The number of imide groups is 1. The van der Waals surface area contributed by atoms with E-state index in [4.69, 9.17) is 21.1 Å². The first-order valence-electron chi connectivity index (χ1n) is 11.6. The Bertz CT molecular complexity index is 1190. The van der Waals surface area contributed by atoms with Gasteiger partial charge in [0.2, 0.25) is 5.13 Å². The fourth-order valence-electron chi connectivity index (χ4n) is 3.85. The number of rotatable bonds is 8. The van der Waals surface area contributed by atoms with E-state index in [2.05, 4.69) is 0 Å². The van der Waals surface area contributed by atoms with E-state index in [1.807, 2.05) is 0 Å². The van der Waals surface area contributed by atoms with Crippen LogP contribution in [0.15, 0.2) is 41.5 Å². The summed E-state index contributed by atoms with van der Waals surface area (Å²) < 4.78 is 25.6. The first kappa shape index (κ1) is 27.5. The van der Waals surface area contributed by atoms with Crippen molar-refractivity contribution in [2.75, 3.05) is 11.5 Å². The molecule has 0 atom stereocenters. The second-order valence-corrected chi connectivity index (χ2v) is 9.81. The van der Waals surface area contributed by atoms with Crippen LogP contribution in [0.1, 0.15) is 61.7 Å². The van der Waals surface area contributed by atoms with Gasteiger partial charge in [0.15, 0.2) is 0 Å². The molecule has 0 saturated carbocycles. The van der Waals surface area contributed by atoms with E-state index < -0.39 is 40.7 Å². The van der Waals surface area contributed by atoms with Gasteiger partial charge in [-0.1, -0.05) is 29.8 Å². The maximum Gasteiger partial charge on any atom is 0.334 e. The van der Waals surface area contributed by atoms with Crippen molar-refractivity contribution in [2.45, 2.75) is 59.0 Å². The third-order valence-electron chi connectivity index (χ3n) is 5.43. The van der Waals surface area contributed by atoms with Crippen LogP contribution in [0.3, 0.4) is 0 Å². The summed E-state index contributed by atoms with van der Waals surface area (Å²) in [6.07, 6.45) is 1.08. The summed E-state index contributed by atoms with van der Waals surface area (Å²) in [5.74, 6) is -2.91. The van der Waals surface area contributed by atoms with E-state index >= 15 is 4.39 Å². The molecular weight excluding hydrogens is 509 g/mol. The van der Waals surface area contributed by atoms with Gasteiger partial charge in [-0.2, -0.15) is 4.39 Å². The molecule has 192 valence electrons. The highest BCUT2D eigenvalue weighted by Gasteiger charge is 2.37. The van der Waals surface area contributed by atoms with Gasteiger partial charge in [-0.05, 0) is 58.6 Å². The number of esters is 2. The average molecular weight is 536 g/mol. The quantitative estimate of drug-likeness (QED) is 0.321. The molecule has 0 radical (unpaired) electrons. The third-order valence-corrected chi connectivity index (χ3v) is 6.91. The largest absolute Gasteiger partial charge is 0.466 e. The van der Waals surface area contributed by atoms with Crippen molar-refractivity contribution in [3.8, 4) is 0 Å². The van der Waals surface area contributed by atoms with E-state index in [1.165, 1.54) is 12.1 Å². The Morgan fingerprint density at radius 1 is 1.06 bits per heavy atom. The molecule has 10 heteroatoms. The topological polar surface area (TPSA) is 90.0 Å². The smallest absolute Gasteiger partial charge is 0.334 e. The molecule has 36 heavy (non-hydrogen) atoms. The summed E-state index contributed by atoms with van der Waals surface area (Å²) in [6.45, 7) is 5.16. The number of carbonyl (C=O) groups excluding carboxylic acids is 4. The van der Waals surface area contributed by atoms with E-state index in [1.54, 1.807) is 39.0 Å². The molecule has 1 aromatic carbocycles. The highest BCUT2D eigenvalue weighted by molar-refractivity contribution is 7.11. The lowest BCUT2D eigenvalue weighted by Gasteiger charge is -2.26. The van der Waals surface area contributed by atoms with Crippen LogP contribution in [0.2, 0.25) is 5.02 Å². The fraction of sp³-hybridized carbons (Fsp3) is 0.385. The van der Waals surface area contributed by atoms with Crippen molar-refractivity contribution in [2.24, 2.45) is 0 Å². The van der Waals surface area contributed by atoms with Crippen LogP contribution >= 0.6 is 22.9 Å². The number of benzene rings is 1. The normalized spacial score (nSPS) is 13.5. The van der Waals surface area contributed by atoms with Gasteiger partial charge in [0.05, 0.1) is 24.2 Å². The maximum absolute atomic E-state index is 15.3. The summed E-state index contributed by atoms with van der Waals surface area (Å²) >= 11 is 7.02. The number of thiophene rings is 1. The lowest BCUT2D eigenvalue weighted by atomic mass is 9.90. The van der Waals surface area contributed by atoms with E-state index in [9.17, 15) is 19.2 Å². The minimum atomic E-state index is -0.903. The molecule has 0 N–H and O–H groups in total.